The molecule has 5 heteroatoms. The van der Waals surface area contributed by atoms with E-state index in [-0.39, 0.29) is 11.3 Å². The van der Waals surface area contributed by atoms with Crippen molar-refractivity contribution in [2.24, 2.45) is 5.16 Å². The molecule has 0 unspecified atom stereocenters. The van der Waals surface area contributed by atoms with Gasteiger partial charge >= 0.3 is 6.18 Å². The van der Waals surface area contributed by atoms with E-state index in [2.05, 4.69) is 5.16 Å². The molecule has 0 heterocycles. The molecule has 1 N–H and O–H groups in total. The van der Waals surface area contributed by atoms with E-state index >= 15 is 0 Å². The van der Waals surface area contributed by atoms with Gasteiger partial charge in [0.1, 0.15) is 11.6 Å². The Morgan fingerprint density at radius 3 is 1.43 bits per heavy atom. The first-order valence-electron chi connectivity index (χ1n) is 9.26. The first-order valence-corrected chi connectivity index (χ1v) is 9.26. The van der Waals surface area contributed by atoms with Crippen molar-refractivity contribution in [3.63, 3.8) is 0 Å². The molecule has 2 aromatic rings. The number of nitrogens with zero attached hydrogens (tertiary/aromatic N) is 1. The van der Waals surface area contributed by atoms with Gasteiger partial charge in [-0.3, -0.25) is 0 Å². The van der Waals surface area contributed by atoms with Crippen LogP contribution in [0.5, 0.6) is 0 Å². The van der Waals surface area contributed by atoms with Gasteiger partial charge in [0.15, 0.2) is 0 Å². The minimum Gasteiger partial charge on any atom is -0.411 e. The fourth-order valence-electron chi connectivity index (χ4n) is 3.99. The maximum absolute atomic E-state index is 14.4. The summed E-state index contributed by atoms with van der Waals surface area (Å²) in [5.41, 5.74) is 6.08. The Kier molecular flexibility index (Phi) is 5.98. The number of halogens is 3. The molecule has 28 heavy (non-hydrogen) atoms. The Bertz CT molecular complexity index is 903. The zero-order valence-electron chi connectivity index (χ0n) is 17.8. The highest BCUT2D eigenvalue weighted by molar-refractivity contribution is 6.08. The lowest BCUT2D eigenvalue weighted by Crippen LogP contribution is -2.32. The SMILES string of the molecule is Cc1cc(C)c(C)c(/C(=N\O)[C@H](c2c(C)c(C)cc(C)c2C)C(F)(F)F)c1C. The third-order valence-electron chi connectivity index (χ3n) is 6.04. The third-order valence-corrected chi connectivity index (χ3v) is 6.04. The highest BCUT2D eigenvalue weighted by atomic mass is 19.4. The third kappa shape index (κ3) is 3.67. The minimum atomic E-state index is -4.60. The fourth-order valence-corrected chi connectivity index (χ4v) is 3.99. The molecule has 0 amide bonds. The second-order valence-corrected chi connectivity index (χ2v) is 7.77. The molecule has 152 valence electrons. The quantitative estimate of drug-likeness (QED) is 0.353. The van der Waals surface area contributed by atoms with Crippen molar-refractivity contribution in [2.45, 2.75) is 67.5 Å². The van der Waals surface area contributed by atoms with Crippen LogP contribution in [-0.2, 0) is 0 Å². The monoisotopic (exact) mass is 391 g/mol. The maximum Gasteiger partial charge on any atom is 0.401 e. The van der Waals surface area contributed by atoms with Crippen LogP contribution < -0.4 is 0 Å². The van der Waals surface area contributed by atoms with E-state index in [0.29, 0.717) is 27.8 Å². The van der Waals surface area contributed by atoms with Gasteiger partial charge in [0, 0.05) is 5.56 Å². The highest BCUT2D eigenvalue weighted by Crippen LogP contribution is 2.43. The van der Waals surface area contributed by atoms with Crippen molar-refractivity contribution in [3.05, 3.63) is 67.8 Å². The van der Waals surface area contributed by atoms with E-state index < -0.39 is 12.1 Å². The van der Waals surface area contributed by atoms with Gasteiger partial charge in [0.2, 0.25) is 0 Å². The number of oxime groups is 1. The summed E-state index contributed by atoms with van der Waals surface area (Å²) in [6.07, 6.45) is -4.60. The Hall–Kier alpha value is -2.30. The summed E-state index contributed by atoms with van der Waals surface area (Å²) in [5.74, 6) is -2.00. The van der Waals surface area contributed by atoms with Crippen LogP contribution in [-0.4, -0.2) is 17.1 Å². The Morgan fingerprint density at radius 2 is 1.11 bits per heavy atom. The van der Waals surface area contributed by atoms with Crippen LogP contribution in [0.3, 0.4) is 0 Å². The van der Waals surface area contributed by atoms with Gasteiger partial charge in [-0.05, 0) is 105 Å². The van der Waals surface area contributed by atoms with E-state index in [1.165, 1.54) is 0 Å². The summed E-state index contributed by atoms with van der Waals surface area (Å²) in [5, 5.41) is 13.1. The molecule has 2 rings (SSSR count). The lowest BCUT2D eigenvalue weighted by molar-refractivity contribution is -0.135. The molecule has 0 aliphatic rings. The second-order valence-electron chi connectivity index (χ2n) is 7.77. The van der Waals surface area contributed by atoms with Gasteiger partial charge in [-0.25, -0.2) is 0 Å². The molecule has 1 atom stereocenters. The lowest BCUT2D eigenvalue weighted by atomic mass is 9.78. The smallest absolute Gasteiger partial charge is 0.401 e. The lowest BCUT2D eigenvalue weighted by Gasteiger charge is -2.29. The van der Waals surface area contributed by atoms with Crippen LogP contribution in [0.15, 0.2) is 17.3 Å². The van der Waals surface area contributed by atoms with E-state index in [0.717, 1.165) is 22.3 Å². The highest BCUT2D eigenvalue weighted by Gasteiger charge is 2.47. The number of hydrogen-bond donors (Lipinski definition) is 1. The van der Waals surface area contributed by atoms with Crippen molar-refractivity contribution in [1.29, 1.82) is 0 Å². The van der Waals surface area contributed by atoms with Crippen molar-refractivity contribution >= 4 is 5.71 Å². The molecule has 0 fully saturated rings. The van der Waals surface area contributed by atoms with Gasteiger partial charge < -0.3 is 5.21 Å². The molecular formula is C23H28F3NO. The largest absolute Gasteiger partial charge is 0.411 e. The molecule has 0 radical (unpaired) electrons. The number of benzene rings is 2. The summed E-state index contributed by atoms with van der Waals surface area (Å²) in [7, 11) is 0. The van der Waals surface area contributed by atoms with Gasteiger partial charge in [0.05, 0.1) is 0 Å². The Labute approximate surface area is 165 Å². The van der Waals surface area contributed by atoms with Crippen LogP contribution in [0.2, 0.25) is 0 Å². The molecular weight excluding hydrogens is 363 g/mol. The van der Waals surface area contributed by atoms with Crippen molar-refractivity contribution in [2.75, 3.05) is 0 Å². The van der Waals surface area contributed by atoms with Crippen LogP contribution in [0.4, 0.5) is 13.2 Å². The van der Waals surface area contributed by atoms with E-state index in [4.69, 9.17) is 0 Å². The predicted molar refractivity (Wildman–Crippen MR) is 108 cm³/mol. The van der Waals surface area contributed by atoms with Crippen molar-refractivity contribution < 1.29 is 18.4 Å². The average molecular weight is 391 g/mol. The zero-order valence-corrected chi connectivity index (χ0v) is 17.8. The van der Waals surface area contributed by atoms with Crippen LogP contribution >= 0.6 is 0 Å². The van der Waals surface area contributed by atoms with Gasteiger partial charge in [-0.1, -0.05) is 17.3 Å². The fraction of sp³-hybridized carbons (Fsp3) is 0.435. The number of hydrogen-bond acceptors (Lipinski definition) is 2. The summed E-state index contributed by atoms with van der Waals surface area (Å²) >= 11 is 0. The summed E-state index contributed by atoms with van der Waals surface area (Å²) < 4.78 is 43.3. The maximum atomic E-state index is 14.4. The molecule has 0 aliphatic heterocycles. The number of alkyl halides is 3. The summed E-state index contributed by atoms with van der Waals surface area (Å²) in [6.45, 7) is 14.3. The summed E-state index contributed by atoms with van der Waals surface area (Å²) in [4.78, 5) is 0. The molecule has 2 aromatic carbocycles. The minimum absolute atomic E-state index is 0.177. The van der Waals surface area contributed by atoms with Crippen LogP contribution in [0.1, 0.15) is 61.6 Å². The first kappa shape index (κ1) is 22.0. The molecule has 0 bridgehead atoms. The average Bonchev–Trinajstić information content (AvgIpc) is 2.59. The molecule has 0 saturated carbocycles. The Balaban J connectivity index is 2.95. The molecule has 0 saturated heterocycles. The molecule has 2 nitrogen and oxygen atoms in total. The van der Waals surface area contributed by atoms with E-state index in [9.17, 15) is 18.4 Å². The standard InChI is InChI=1S/C23H28F3NO/c1-11-9-12(2)16(6)19(15(11)5)21(23(24,25)26)22(27-28)20-17(7)13(3)10-14(4)18(20)8/h9-10,21,28H,1-8H3/b27-22+/t21-/m0/s1. The van der Waals surface area contributed by atoms with Crippen molar-refractivity contribution in [3.8, 4) is 0 Å². The number of aryl methyl sites for hydroxylation is 4. The first-order chi connectivity index (χ1) is 12.8. The Morgan fingerprint density at radius 1 is 0.750 bits per heavy atom. The second kappa shape index (κ2) is 7.61. The topological polar surface area (TPSA) is 32.6 Å². The summed E-state index contributed by atoms with van der Waals surface area (Å²) in [6, 6.07) is 3.84. The molecule has 0 aliphatic carbocycles. The molecule has 0 aromatic heterocycles. The van der Waals surface area contributed by atoms with Gasteiger partial charge in [0.25, 0.3) is 0 Å². The van der Waals surface area contributed by atoms with Gasteiger partial charge in [-0.2, -0.15) is 13.2 Å². The van der Waals surface area contributed by atoms with Gasteiger partial charge in [-0.15, -0.1) is 0 Å². The molecule has 0 spiro atoms. The van der Waals surface area contributed by atoms with E-state index in [1.54, 1.807) is 27.7 Å². The normalized spacial score (nSPS) is 13.8. The van der Waals surface area contributed by atoms with Crippen LogP contribution in [0, 0.1) is 55.4 Å². The number of rotatable bonds is 3. The zero-order chi connectivity index (χ0) is 21.5. The van der Waals surface area contributed by atoms with E-state index in [1.807, 2.05) is 39.8 Å². The van der Waals surface area contributed by atoms with Crippen molar-refractivity contribution in [1.82, 2.24) is 0 Å². The predicted octanol–water partition coefficient (Wildman–Crippen LogP) is 6.68. The van der Waals surface area contributed by atoms with Crippen LogP contribution in [0.25, 0.3) is 0 Å².